The monoisotopic (exact) mass is 285 g/mol. The molecule has 0 atom stereocenters. The standard InChI is InChI=1S/C16H16FN3O/c17-15-8-7-12(11-18-15)16(21)19-13-5-1-2-6-14(13)20-9-3-4-10-20/h1-2,5-8,11H,3-4,9-10H2,(H,19,21). The Kier molecular flexibility index (Phi) is 3.81. The molecule has 0 aliphatic carbocycles. The minimum atomic E-state index is -0.594. The van der Waals surface area contributed by atoms with Gasteiger partial charge in [0.25, 0.3) is 5.91 Å². The molecule has 1 fully saturated rings. The van der Waals surface area contributed by atoms with Crippen molar-refractivity contribution < 1.29 is 9.18 Å². The van der Waals surface area contributed by atoms with E-state index in [1.165, 1.54) is 31.2 Å². The smallest absolute Gasteiger partial charge is 0.257 e. The summed E-state index contributed by atoms with van der Waals surface area (Å²) in [4.78, 5) is 18.0. The van der Waals surface area contributed by atoms with Crippen LogP contribution in [0.5, 0.6) is 0 Å². The van der Waals surface area contributed by atoms with Crippen LogP contribution in [-0.2, 0) is 0 Å². The van der Waals surface area contributed by atoms with Crippen LogP contribution in [0.15, 0.2) is 42.6 Å². The van der Waals surface area contributed by atoms with Gasteiger partial charge in [-0.05, 0) is 37.1 Å². The molecule has 1 aromatic heterocycles. The van der Waals surface area contributed by atoms with Crippen molar-refractivity contribution in [3.8, 4) is 0 Å². The number of anilines is 2. The molecule has 1 aliphatic heterocycles. The molecule has 0 unspecified atom stereocenters. The highest BCUT2D eigenvalue weighted by atomic mass is 19.1. The van der Waals surface area contributed by atoms with Gasteiger partial charge in [0.2, 0.25) is 5.95 Å². The van der Waals surface area contributed by atoms with Crippen molar-refractivity contribution in [1.82, 2.24) is 4.98 Å². The summed E-state index contributed by atoms with van der Waals surface area (Å²) in [5.74, 6) is -0.877. The Labute approximate surface area is 122 Å². The zero-order valence-corrected chi connectivity index (χ0v) is 11.6. The second-order valence-corrected chi connectivity index (χ2v) is 5.04. The fourth-order valence-corrected chi connectivity index (χ4v) is 2.52. The van der Waals surface area contributed by atoms with Gasteiger partial charge < -0.3 is 10.2 Å². The lowest BCUT2D eigenvalue weighted by Gasteiger charge is -2.21. The molecule has 1 saturated heterocycles. The van der Waals surface area contributed by atoms with E-state index in [1.54, 1.807) is 0 Å². The second-order valence-electron chi connectivity index (χ2n) is 5.04. The van der Waals surface area contributed by atoms with Gasteiger partial charge in [0.05, 0.1) is 16.9 Å². The Morgan fingerprint density at radius 3 is 2.62 bits per heavy atom. The summed E-state index contributed by atoms with van der Waals surface area (Å²) in [5.41, 5.74) is 2.14. The van der Waals surface area contributed by atoms with Gasteiger partial charge in [0, 0.05) is 19.3 Å². The predicted octanol–water partition coefficient (Wildman–Crippen LogP) is 3.07. The lowest BCUT2D eigenvalue weighted by molar-refractivity contribution is 0.102. The number of hydrogen-bond donors (Lipinski definition) is 1. The second kappa shape index (κ2) is 5.91. The minimum Gasteiger partial charge on any atom is -0.370 e. The molecule has 2 aromatic rings. The van der Waals surface area contributed by atoms with Crippen molar-refractivity contribution >= 4 is 17.3 Å². The average Bonchev–Trinajstić information content (AvgIpc) is 3.02. The molecule has 108 valence electrons. The maximum atomic E-state index is 12.8. The predicted molar refractivity (Wildman–Crippen MR) is 80.0 cm³/mol. The van der Waals surface area contributed by atoms with Crippen LogP contribution >= 0.6 is 0 Å². The highest BCUT2D eigenvalue weighted by Gasteiger charge is 2.17. The molecule has 4 nitrogen and oxygen atoms in total. The van der Waals surface area contributed by atoms with E-state index >= 15 is 0 Å². The highest BCUT2D eigenvalue weighted by Crippen LogP contribution is 2.28. The first-order chi connectivity index (χ1) is 10.2. The van der Waals surface area contributed by atoms with Crippen molar-refractivity contribution in [3.63, 3.8) is 0 Å². The van der Waals surface area contributed by atoms with Crippen molar-refractivity contribution in [3.05, 3.63) is 54.1 Å². The van der Waals surface area contributed by atoms with E-state index in [0.29, 0.717) is 5.56 Å². The molecule has 1 aromatic carbocycles. The number of para-hydroxylation sites is 2. The SMILES string of the molecule is O=C(Nc1ccccc1N1CCCC1)c1ccc(F)nc1. The van der Waals surface area contributed by atoms with Gasteiger partial charge in [-0.25, -0.2) is 4.98 Å². The quantitative estimate of drug-likeness (QED) is 0.881. The van der Waals surface area contributed by atoms with Gasteiger partial charge in [-0.1, -0.05) is 12.1 Å². The Bertz CT molecular complexity index is 636. The van der Waals surface area contributed by atoms with E-state index < -0.39 is 5.95 Å². The molecule has 5 heteroatoms. The van der Waals surface area contributed by atoms with Crippen molar-refractivity contribution in [1.29, 1.82) is 0 Å². The van der Waals surface area contributed by atoms with Crippen LogP contribution in [0.2, 0.25) is 0 Å². The first-order valence-electron chi connectivity index (χ1n) is 7.01. The Morgan fingerprint density at radius 2 is 1.90 bits per heavy atom. The van der Waals surface area contributed by atoms with E-state index in [2.05, 4.69) is 15.2 Å². The number of aromatic nitrogens is 1. The Morgan fingerprint density at radius 1 is 1.14 bits per heavy atom. The van der Waals surface area contributed by atoms with Gasteiger partial charge in [0.15, 0.2) is 0 Å². The minimum absolute atomic E-state index is 0.283. The van der Waals surface area contributed by atoms with Gasteiger partial charge in [-0.2, -0.15) is 4.39 Å². The van der Waals surface area contributed by atoms with Crippen LogP contribution in [0.25, 0.3) is 0 Å². The number of carbonyl (C=O) groups excluding carboxylic acids is 1. The molecule has 1 aliphatic rings. The third kappa shape index (κ3) is 3.02. The van der Waals surface area contributed by atoms with Gasteiger partial charge in [-0.15, -0.1) is 0 Å². The molecular weight excluding hydrogens is 269 g/mol. The maximum absolute atomic E-state index is 12.8. The number of pyridine rings is 1. The molecule has 0 bridgehead atoms. The lowest BCUT2D eigenvalue weighted by Crippen LogP contribution is -2.21. The normalized spacial score (nSPS) is 14.2. The fraction of sp³-hybridized carbons (Fsp3) is 0.250. The van der Waals surface area contributed by atoms with E-state index in [1.807, 2.05) is 24.3 Å². The third-order valence-corrected chi connectivity index (χ3v) is 3.59. The molecular formula is C16H16FN3O. The molecule has 3 rings (SSSR count). The van der Waals surface area contributed by atoms with Gasteiger partial charge in [-0.3, -0.25) is 4.79 Å². The zero-order valence-electron chi connectivity index (χ0n) is 11.6. The molecule has 21 heavy (non-hydrogen) atoms. The van der Waals surface area contributed by atoms with Crippen LogP contribution in [0.1, 0.15) is 23.2 Å². The van der Waals surface area contributed by atoms with Crippen LogP contribution in [-0.4, -0.2) is 24.0 Å². The number of rotatable bonds is 3. The summed E-state index contributed by atoms with van der Waals surface area (Å²) < 4.78 is 12.8. The fourth-order valence-electron chi connectivity index (χ4n) is 2.52. The summed E-state index contributed by atoms with van der Waals surface area (Å²) in [6, 6.07) is 10.3. The van der Waals surface area contributed by atoms with E-state index in [4.69, 9.17) is 0 Å². The molecule has 1 amide bonds. The number of nitrogens with zero attached hydrogens (tertiary/aromatic N) is 2. The van der Waals surface area contributed by atoms with Crippen LogP contribution in [0.3, 0.4) is 0 Å². The number of nitrogens with one attached hydrogen (secondary N) is 1. The Balaban J connectivity index is 1.81. The first kappa shape index (κ1) is 13.5. The van der Waals surface area contributed by atoms with Gasteiger partial charge >= 0.3 is 0 Å². The number of amides is 1. The molecule has 0 spiro atoms. The average molecular weight is 285 g/mol. The topological polar surface area (TPSA) is 45.2 Å². The molecule has 2 heterocycles. The zero-order chi connectivity index (χ0) is 14.7. The largest absolute Gasteiger partial charge is 0.370 e. The summed E-state index contributed by atoms with van der Waals surface area (Å²) in [6.45, 7) is 2.01. The number of halogens is 1. The van der Waals surface area contributed by atoms with Gasteiger partial charge in [0.1, 0.15) is 0 Å². The van der Waals surface area contributed by atoms with E-state index in [9.17, 15) is 9.18 Å². The van der Waals surface area contributed by atoms with Crippen molar-refractivity contribution in [2.75, 3.05) is 23.3 Å². The summed E-state index contributed by atoms with van der Waals surface area (Å²) in [6.07, 6.45) is 3.58. The summed E-state index contributed by atoms with van der Waals surface area (Å²) >= 11 is 0. The van der Waals surface area contributed by atoms with Crippen LogP contribution < -0.4 is 10.2 Å². The summed E-state index contributed by atoms with van der Waals surface area (Å²) in [5, 5.41) is 2.88. The number of carbonyl (C=O) groups is 1. The number of benzene rings is 1. The summed E-state index contributed by atoms with van der Waals surface area (Å²) in [7, 11) is 0. The highest BCUT2D eigenvalue weighted by molar-refractivity contribution is 6.05. The van der Waals surface area contributed by atoms with E-state index in [-0.39, 0.29) is 5.91 Å². The molecule has 0 radical (unpaired) electrons. The third-order valence-electron chi connectivity index (χ3n) is 3.59. The van der Waals surface area contributed by atoms with Crippen molar-refractivity contribution in [2.24, 2.45) is 0 Å². The van der Waals surface area contributed by atoms with Crippen molar-refractivity contribution in [2.45, 2.75) is 12.8 Å². The molecule has 1 N–H and O–H groups in total. The lowest BCUT2D eigenvalue weighted by atomic mass is 10.2. The first-order valence-corrected chi connectivity index (χ1v) is 7.01. The van der Waals surface area contributed by atoms with Crippen LogP contribution in [0.4, 0.5) is 15.8 Å². The van der Waals surface area contributed by atoms with Crippen LogP contribution in [0, 0.1) is 5.95 Å². The number of hydrogen-bond acceptors (Lipinski definition) is 3. The Hall–Kier alpha value is -2.43. The molecule has 0 saturated carbocycles. The van der Waals surface area contributed by atoms with E-state index in [0.717, 1.165) is 24.5 Å². The maximum Gasteiger partial charge on any atom is 0.257 e.